The molecule has 0 spiro atoms. The Kier molecular flexibility index (Phi) is 3.59. The summed E-state index contributed by atoms with van der Waals surface area (Å²) in [6.07, 6.45) is 1.19. The van der Waals surface area contributed by atoms with Crippen LogP contribution in [0.4, 0.5) is 0 Å². The predicted molar refractivity (Wildman–Crippen MR) is 66.9 cm³/mol. The highest BCUT2D eigenvalue weighted by atomic mass is 35.5. The number of aliphatic hydroxyl groups excluding tert-OH is 1. The molecule has 2 aromatic rings. The number of rotatable bonds is 3. The minimum atomic E-state index is -0.549. The minimum Gasteiger partial charge on any atom is -0.387 e. The summed E-state index contributed by atoms with van der Waals surface area (Å²) in [4.78, 5) is 5.12. The Bertz CT molecular complexity index is 457. The molecule has 2 aromatic heterocycles. The average molecular weight is 254 g/mol. The van der Waals surface area contributed by atoms with Crippen LogP contribution in [-0.2, 0) is 0 Å². The van der Waals surface area contributed by atoms with Gasteiger partial charge in [0.25, 0.3) is 0 Å². The first-order chi connectivity index (χ1) is 7.68. The number of thiophene rings is 1. The van der Waals surface area contributed by atoms with Gasteiger partial charge in [-0.1, -0.05) is 24.6 Å². The minimum absolute atomic E-state index is 0.0316. The molecule has 0 aliphatic rings. The van der Waals surface area contributed by atoms with E-state index in [1.165, 1.54) is 11.3 Å². The van der Waals surface area contributed by atoms with Crippen LogP contribution in [0.15, 0.2) is 36.5 Å². The lowest BCUT2D eigenvalue weighted by Gasteiger charge is -2.16. The third-order valence-corrected chi connectivity index (χ3v) is 3.82. The standard InChI is InChI=1S/C12H12ClNOS/c1-8(9-4-2-3-7-14-9)12(15)10-5-6-11(13)16-10/h2-8,12,15H,1H3. The van der Waals surface area contributed by atoms with E-state index in [1.807, 2.05) is 31.2 Å². The van der Waals surface area contributed by atoms with Crippen molar-refractivity contribution in [3.05, 3.63) is 51.4 Å². The molecule has 0 bridgehead atoms. The van der Waals surface area contributed by atoms with Gasteiger partial charge in [-0.25, -0.2) is 0 Å². The Morgan fingerprint density at radius 3 is 2.69 bits per heavy atom. The fourth-order valence-electron chi connectivity index (χ4n) is 1.54. The highest BCUT2D eigenvalue weighted by Crippen LogP contribution is 2.34. The zero-order chi connectivity index (χ0) is 11.5. The Morgan fingerprint density at radius 2 is 2.12 bits per heavy atom. The number of hydrogen-bond donors (Lipinski definition) is 1. The normalized spacial score (nSPS) is 14.7. The van der Waals surface area contributed by atoms with Crippen molar-refractivity contribution in [3.8, 4) is 0 Å². The number of aromatic nitrogens is 1. The molecule has 0 aromatic carbocycles. The van der Waals surface area contributed by atoms with Crippen LogP contribution in [0.2, 0.25) is 4.34 Å². The van der Waals surface area contributed by atoms with E-state index in [9.17, 15) is 5.11 Å². The third kappa shape index (κ3) is 2.43. The molecule has 0 aliphatic heterocycles. The van der Waals surface area contributed by atoms with Crippen LogP contribution in [0, 0.1) is 0 Å². The van der Waals surface area contributed by atoms with Gasteiger partial charge in [-0.3, -0.25) is 4.98 Å². The maximum Gasteiger partial charge on any atom is 0.0963 e. The van der Waals surface area contributed by atoms with Crippen molar-refractivity contribution in [1.82, 2.24) is 4.98 Å². The lowest BCUT2D eigenvalue weighted by molar-refractivity contribution is 0.153. The first-order valence-electron chi connectivity index (χ1n) is 5.02. The van der Waals surface area contributed by atoms with Crippen molar-refractivity contribution >= 4 is 22.9 Å². The van der Waals surface area contributed by atoms with Gasteiger partial charge in [0, 0.05) is 22.7 Å². The monoisotopic (exact) mass is 253 g/mol. The zero-order valence-electron chi connectivity index (χ0n) is 8.80. The van der Waals surface area contributed by atoms with Gasteiger partial charge < -0.3 is 5.11 Å². The summed E-state index contributed by atoms with van der Waals surface area (Å²) >= 11 is 7.25. The Hall–Kier alpha value is -0.900. The molecule has 2 rings (SSSR count). The van der Waals surface area contributed by atoms with Gasteiger partial charge >= 0.3 is 0 Å². The molecule has 16 heavy (non-hydrogen) atoms. The maximum absolute atomic E-state index is 10.2. The fourth-order valence-corrected chi connectivity index (χ4v) is 2.69. The van der Waals surface area contributed by atoms with Crippen LogP contribution in [0.1, 0.15) is 29.5 Å². The van der Waals surface area contributed by atoms with Gasteiger partial charge in [0.2, 0.25) is 0 Å². The van der Waals surface area contributed by atoms with E-state index in [1.54, 1.807) is 12.3 Å². The van der Waals surface area contributed by atoms with Crippen LogP contribution < -0.4 is 0 Å². The Labute approximate surface area is 104 Å². The van der Waals surface area contributed by atoms with Gasteiger partial charge in [-0.15, -0.1) is 11.3 Å². The lowest BCUT2D eigenvalue weighted by atomic mass is 9.99. The van der Waals surface area contributed by atoms with E-state index in [2.05, 4.69) is 4.98 Å². The van der Waals surface area contributed by atoms with Crippen molar-refractivity contribution in [3.63, 3.8) is 0 Å². The molecular formula is C12H12ClNOS. The van der Waals surface area contributed by atoms with E-state index in [0.29, 0.717) is 4.34 Å². The van der Waals surface area contributed by atoms with E-state index in [-0.39, 0.29) is 5.92 Å². The molecule has 84 valence electrons. The summed E-state index contributed by atoms with van der Waals surface area (Å²) in [6.45, 7) is 1.96. The molecular weight excluding hydrogens is 242 g/mol. The second-order valence-corrected chi connectivity index (χ2v) is 5.38. The van der Waals surface area contributed by atoms with Gasteiger partial charge in [-0.05, 0) is 24.3 Å². The number of nitrogens with zero attached hydrogens (tertiary/aromatic N) is 1. The summed E-state index contributed by atoms with van der Waals surface area (Å²) in [5.74, 6) is -0.0316. The first kappa shape index (κ1) is 11.6. The van der Waals surface area contributed by atoms with Crippen molar-refractivity contribution in [1.29, 1.82) is 0 Å². The van der Waals surface area contributed by atoms with Gasteiger partial charge in [0.05, 0.1) is 10.4 Å². The van der Waals surface area contributed by atoms with E-state index in [4.69, 9.17) is 11.6 Å². The molecule has 0 saturated carbocycles. The van der Waals surface area contributed by atoms with Crippen molar-refractivity contribution < 1.29 is 5.11 Å². The van der Waals surface area contributed by atoms with E-state index < -0.39 is 6.10 Å². The molecule has 2 atom stereocenters. The molecule has 0 radical (unpaired) electrons. The van der Waals surface area contributed by atoms with Crippen LogP contribution in [0.3, 0.4) is 0 Å². The van der Waals surface area contributed by atoms with Crippen molar-refractivity contribution in [2.75, 3.05) is 0 Å². The molecule has 2 unspecified atom stereocenters. The topological polar surface area (TPSA) is 33.1 Å². The highest BCUT2D eigenvalue weighted by Gasteiger charge is 2.20. The summed E-state index contributed by atoms with van der Waals surface area (Å²) < 4.78 is 0.697. The lowest BCUT2D eigenvalue weighted by Crippen LogP contribution is -2.07. The average Bonchev–Trinajstić information content (AvgIpc) is 2.75. The number of pyridine rings is 1. The van der Waals surface area contributed by atoms with Gasteiger partial charge in [0.15, 0.2) is 0 Å². The molecule has 0 saturated heterocycles. The predicted octanol–water partition coefficient (Wildman–Crippen LogP) is 3.63. The molecule has 0 amide bonds. The summed E-state index contributed by atoms with van der Waals surface area (Å²) in [7, 11) is 0. The summed E-state index contributed by atoms with van der Waals surface area (Å²) in [6, 6.07) is 9.37. The first-order valence-corrected chi connectivity index (χ1v) is 6.22. The highest BCUT2D eigenvalue weighted by molar-refractivity contribution is 7.16. The third-order valence-electron chi connectivity index (χ3n) is 2.51. The molecule has 1 N–H and O–H groups in total. The van der Waals surface area contributed by atoms with Crippen LogP contribution >= 0.6 is 22.9 Å². The second-order valence-electron chi connectivity index (χ2n) is 3.63. The second kappa shape index (κ2) is 4.95. The molecule has 0 fully saturated rings. The SMILES string of the molecule is CC(c1ccccn1)C(O)c1ccc(Cl)s1. The van der Waals surface area contributed by atoms with E-state index in [0.717, 1.165) is 10.6 Å². The Balaban J connectivity index is 2.19. The van der Waals surface area contributed by atoms with Crippen molar-refractivity contribution in [2.24, 2.45) is 0 Å². The van der Waals surface area contributed by atoms with E-state index >= 15 is 0 Å². The Morgan fingerprint density at radius 1 is 1.31 bits per heavy atom. The van der Waals surface area contributed by atoms with Gasteiger partial charge in [-0.2, -0.15) is 0 Å². The smallest absolute Gasteiger partial charge is 0.0963 e. The zero-order valence-corrected chi connectivity index (χ0v) is 10.4. The quantitative estimate of drug-likeness (QED) is 0.906. The fraction of sp³-hybridized carbons (Fsp3) is 0.250. The summed E-state index contributed by atoms with van der Waals surface area (Å²) in [5, 5.41) is 10.2. The number of hydrogen-bond acceptors (Lipinski definition) is 3. The summed E-state index contributed by atoms with van der Waals surface area (Å²) in [5.41, 5.74) is 0.888. The number of aliphatic hydroxyl groups is 1. The largest absolute Gasteiger partial charge is 0.387 e. The molecule has 4 heteroatoms. The van der Waals surface area contributed by atoms with Crippen LogP contribution in [0.25, 0.3) is 0 Å². The van der Waals surface area contributed by atoms with Crippen molar-refractivity contribution in [2.45, 2.75) is 18.9 Å². The van der Waals surface area contributed by atoms with Gasteiger partial charge in [0.1, 0.15) is 0 Å². The molecule has 0 aliphatic carbocycles. The van der Waals surface area contributed by atoms with Crippen LogP contribution in [-0.4, -0.2) is 10.1 Å². The maximum atomic E-state index is 10.2. The number of halogens is 1. The molecule has 2 nitrogen and oxygen atoms in total. The molecule has 2 heterocycles. The van der Waals surface area contributed by atoms with Crippen LogP contribution in [0.5, 0.6) is 0 Å².